The van der Waals surface area contributed by atoms with Crippen molar-refractivity contribution >= 4 is 23.3 Å². The molecule has 1 heterocycles. The molecule has 0 bridgehead atoms. The van der Waals surface area contributed by atoms with E-state index in [0.717, 1.165) is 21.7 Å². The first-order chi connectivity index (χ1) is 18.1. The lowest BCUT2D eigenvalue weighted by molar-refractivity contribution is -0.131. The summed E-state index contributed by atoms with van der Waals surface area (Å²) in [4.78, 5) is 29.5. The van der Waals surface area contributed by atoms with Gasteiger partial charge in [0.1, 0.15) is 11.0 Å². The number of hydrogen-bond donors (Lipinski definition) is 4. The predicted octanol–water partition coefficient (Wildman–Crippen LogP) is 3.34. The summed E-state index contributed by atoms with van der Waals surface area (Å²) in [5.41, 5.74) is 11.7. The van der Waals surface area contributed by atoms with Crippen LogP contribution in [-0.2, 0) is 22.5 Å². The Balaban J connectivity index is 1.69. The summed E-state index contributed by atoms with van der Waals surface area (Å²) in [7, 11) is 1.25. The molecule has 0 aliphatic carbocycles. The molecule has 3 atom stereocenters. The molecule has 204 valence electrons. The number of amides is 2. The summed E-state index contributed by atoms with van der Waals surface area (Å²) >= 11 is 1.57. The van der Waals surface area contributed by atoms with Crippen molar-refractivity contribution in [3.63, 3.8) is 0 Å². The van der Waals surface area contributed by atoms with Crippen LogP contribution in [-0.4, -0.2) is 58.9 Å². The highest BCUT2D eigenvalue weighted by molar-refractivity contribution is 7.13. The highest BCUT2D eigenvalue weighted by atomic mass is 32.1. The fourth-order valence-electron chi connectivity index (χ4n) is 3.94. The van der Waals surface area contributed by atoms with Crippen LogP contribution in [0.2, 0.25) is 0 Å². The number of benzene rings is 2. The number of methoxy groups -OCH3 is 1. The second-order valence-corrected chi connectivity index (χ2v) is 11.1. The SMILES string of the molecule is COC(=O)N[C@H](C(=O)NN(Cc1ccccc1)C[C@H](O)[C@@H](N)Cc1ccc(-c2nccs2)cc1)C(C)(C)C. The maximum Gasteiger partial charge on any atom is 0.407 e. The minimum absolute atomic E-state index is 0.0914. The third-order valence-corrected chi connectivity index (χ3v) is 6.89. The number of nitrogens with zero attached hydrogens (tertiary/aromatic N) is 2. The van der Waals surface area contributed by atoms with Gasteiger partial charge in [-0.25, -0.2) is 14.8 Å². The smallest absolute Gasteiger partial charge is 0.407 e. The largest absolute Gasteiger partial charge is 0.453 e. The number of alkyl carbamates (subject to hydrolysis) is 1. The quantitative estimate of drug-likeness (QED) is 0.275. The maximum absolute atomic E-state index is 13.3. The number of hydrazine groups is 1. The van der Waals surface area contributed by atoms with E-state index in [-0.39, 0.29) is 6.54 Å². The fraction of sp³-hybridized carbons (Fsp3) is 0.393. The molecule has 0 fully saturated rings. The number of nitrogens with two attached hydrogens (primary N) is 1. The molecular weight excluding hydrogens is 502 g/mol. The van der Waals surface area contributed by atoms with E-state index >= 15 is 0 Å². The molecule has 5 N–H and O–H groups in total. The van der Waals surface area contributed by atoms with Gasteiger partial charge in [-0.05, 0) is 23.0 Å². The van der Waals surface area contributed by atoms with Gasteiger partial charge in [0.2, 0.25) is 0 Å². The lowest BCUT2D eigenvalue weighted by atomic mass is 9.86. The van der Waals surface area contributed by atoms with E-state index in [1.807, 2.05) is 80.7 Å². The lowest BCUT2D eigenvalue weighted by Crippen LogP contribution is -2.58. The Bertz CT molecular complexity index is 1150. The molecule has 2 aromatic carbocycles. The van der Waals surface area contributed by atoms with Gasteiger partial charge in [-0.2, -0.15) is 0 Å². The van der Waals surface area contributed by atoms with E-state index in [4.69, 9.17) is 10.5 Å². The van der Waals surface area contributed by atoms with Gasteiger partial charge in [0.15, 0.2) is 0 Å². The standard InChI is InChI=1S/C28H37N5O4S/c1-28(2,3)24(31-27(36)37-4)25(35)32-33(17-20-8-6-5-7-9-20)18-23(34)22(29)16-19-10-12-21(13-11-19)26-30-14-15-38-26/h5-15,22-24,34H,16-18,29H2,1-4H3,(H,31,36)(H,32,35)/t22-,23-,24+/m0/s1. The zero-order valence-corrected chi connectivity index (χ0v) is 23.1. The van der Waals surface area contributed by atoms with Crippen molar-refractivity contribution in [2.24, 2.45) is 11.1 Å². The van der Waals surface area contributed by atoms with E-state index in [1.54, 1.807) is 22.5 Å². The third-order valence-electron chi connectivity index (χ3n) is 6.07. The fourth-order valence-corrected chi connectivity index (χ4v) is 4.59. The molecule has 0 radical (unpaired) electrons. The average Bonchev–Trinajstić information content (AvgIpc) is 3.42. The molecule has 0 aliphatic rings. The number of rotatable bonds is 11. The molecular formula is C28H37N5O4S. The summed E-state index contributed by atoms with van der Waals surface area (Å²) in [5, 5.41) is 18.1. The number of ether oxygens (including phenoxy) is 1. The normalized spacial score (nSPS) is 14.0. The number of carbonyl (C=O) groups is 2. The molecule has 9 nitrogen and oxygen atoms in total. The van der Waals surface area contributed by atoms with Crippen LogP contribution < -0.4 is 16.5 Å². The summed E-state index contributed by atoms with van der Waals surface area (Å²) < 4.78 is 4.70. The summed E-state index contributed by atoms with van der Waals surface area (Å²) in [6, 6.07) is 16.1. The Morgan fingerprint density at radius 2 is 1.79 bits per heavy atom. The van der Waals surface area contributed by atoms with Gasteiger partial charge in [-0.3, -0.25) is 10.2 Å². The van der Waals surface area contributed by atoms with Crippen LogP contribution in [0, 0.1) is 5.41 Å². The highest BCUT2D eigenvalue weighted by Crippen LogP contribution is 2.23. The first-order valence-electron chi connectivity index (χ1n) is 12.4. The number of thiazole rings is 1. The molecule has 0 saturated heterocycles. The zero-order valence-electron chi connectivity index (χ0n) is 22.3. The molecule has 38 heavy (non-hydrogen) atoms. The summed E-state index contributed by atoms with van der Waals surface area (Å²) in [6.07, 6.45) is 0.605. The molecule has 0 aliphatic heterocycles. The van der Waals surface area contributed by atoms with Crippen LogP contribution >= 0.6 is 11.3 Å². The van der Waals surface area contributed by atoms with E-state index < -0.39 is 35.6 Å². The minimum atomic E-state index is -0.931. The second-order valence-electron chi connectivity index (χ2n) is 10.2. The van der Waals surface area contributed by atoms with Crippen LogP contribution in [0.25, 0.3) is 10.6 Å². The van der Waals surface area contributed by atoms with Gasteiger partial charge < -0.3 is 20.9 Å². The van der Waals surface area contributed by atoms with E-state index in [1.165, 1.54) is 7.11 Å². The van der Waals surface area contributed by atoms with Crippen LogP contribution in [0.3, 0.4) is 0 Å². The van der Waals surface area contributed by atoms with Crippen molar-refractivity contribution in [2.75, 3.05) is 13.7 Å². The van der Waals surface area contributed by atoms with Crippen molar-refractivity contribution in [1.29, 1.82) is 0 Å². The molecule has 3 aromatic rings. The molecule has 0 saturated carbocycles. The van der Waals surface area contributed by atoms with Gasteiger partial charge in [0, 0.05) is 36.3 Å². The van der Waals surface area contributed by atoms with Gasteiger partial charge in [-0.15, -0.1) is 11.3 Å². The minimum Gasteiger partial charge on any atom is -0.453 e. The maximum atomic E-state index is 13.3. The number of nitrogens with one attached hydrogen (secondary N) is 2. The molecule has 0 unspecified atom stereocenters. The Morgan fingerprint density at radius 1 is 1.11 bits per heavy atom. The van der Waals surface area contributed by atoms with E-state index in [0.29, 0.717) is 13.0 Å². The second kappa shape index (κ2) is 13.5. The Hall–Kier alpha value is -3.31. The number of aliphatic hydroxyl groups is 1. The number of carbonyl (C=O) groups excluding carboxylic acids is 2. The van der Waals surface area contributed by atoms with Crippen molar-refractivity contribution in [1.82, 2.24) is 20.7 Å². The van der Waals surface area contributed by atoms with Crippen molar-refractivity contribution in [3.8, 4) is 10.6 Å². The topological polar surface area (TPSA) is 130 Å². The Labute approximate surface area is 228 Å². The zero-order chi connectivity index (χ0) is 27.7. The lowest BCUT2D eigenvalue weighted by Gasteiger charge is -2.34. The van der Waals surface area contributed by atoms with E-state index in [2.05, 4.69) is 15.7 Å². The van der Waals surface area contributed by atoms with Crippen LogP contribution in [0.15, 0.2) is 66.2 Å². The van der Waals surface area contributed by atoms with Crippen LogP contribution in [0.5, 0.6) is 0 Å². The molecule has 10 heteroatoms. The number of aliphatic hydroxyl groups excluding tert-OH is 1. The van der Waals surface area contributed by atoms with Crippen LogP contribution in [0.1, 0.15) is 31.9 Å². The first kappa shape index (κ1) is 29.2. The van der Waals surface area contributed by atoms with Gasteiger partial charge >= 0.3 is 6.09 Å². The number of hydrogen-bond acceptors (Lipinski definition) is 8. The highest BCUT2D eigenvalue weighted by Gasteiger charge is 2.34. The summed E-state index contributed by atoms with van der Waals surface area (Å²) in [6.45, 7) is 5.97. The van der Waals surface area contributed by atoms with Crippen molar-refractivity contribution < 1.29 is 19.4 Å². The first-order valence-corrected chi connectivity index (χ1v) is 13.3. The molecule has 0 spiro atoms. The number of aromatic nitrogens is 1. The van der Waals surface area contributed by atoms with Crippen molar-refractivity contribution in [2.45, 2.75) is 51.9 Å². The predicted molar refractivity (Wildman–Crippen MR) is 149 cm³/mol. The van der Waals surface area contributed by atoms with Crippen molar-refractivity contribution in [3.05, 3.63) is 77.3 Å². The van der Waals surface area contributed by atoms with Gasteiger partial charge in [-0.1, -0.05) is 75.4 Å². The molecule has 2 amide bonds. The third kappa shape index (κ3) is 8.63. The average molecular weight is 540 g/mol. The summed E-state index contributed by atoms with van der Waals surface area (Å²) in [5.74, 6) is -0.419. The van der Waals surface area contributed by atoms with Gasteiger partial charge in [0.05, 0.1) is 13.2 Å². The molecule has 3 rings (SSSR count). The Morgan fingerprint density at radius 3 is 2.37 bits per heavy atom. The molecule has 1 aromatic heterocycles. The van der Waals surface area contributed by atoms with Crippen LogP contribution in [0.4, 0.5) is 4.79 Å². The Kier molecular flexibility index (Phi) is 10.4. The monoisotopic (exact) mass is 539 g/mol. The van der Waals surface area contributed by atoms with E-state index in [9.17, 15) is 14.7 Å². The van der Waals surface area contributed by atoms with Gasteiger partial charge in [0.25, 0.3) is 5.91 Å².